The molecule has 0 fully saturated rings. The van der Waals surface area contributed by atoms with Crippen molar-refractivity contribution in [2.75, 3.05) is 13.7 Å². The van der Waals surface area contributed by atoms with Gasteiger partial charge in [0.05, 0.1) is 24.8 Å². The fraction of sp³-hybridized carbons (Fsp3) is 0.154. The Bertz CT molecular complexity index is 1220. The Labute approximate surface area is 186 Å². The first-order valence-corrected chi connectivity index (χ1v) is 10.2. The number of benzene rings is 3. The molecular weight excluding hydrogens is 408 g/mol. The van der Waals surface area contributed by atoms with Crippen LogP contribution < -0.4 is 18.9 Å². The smallest absolute Gasteiger partial charge is 0.343 e. The van der Waals surface area contributed by atoms with Gasteiger partial charge in [0.25, 0.3) is 0 Å². The molecule has 3 aromatic carbocycles. The second-order valence-electron chi connectivity index (χ2n) is 7.15. The summed E-state index contributed by atoms with van der Waals surface area (Å²) in [5.41, 5.74) is 2.20. The molecule has 0 bridgehead atoms. The summed E-state index contributed by atoms with van der Waals surface area (Å²) in [6, 6.07) is 17.3. The van der Waals surface area contributed by atoms with Gasteiger partial charge in [-0.15, -0.1) is 0 Å². The molecule has 0 saturated carbocycles. The number of carbonyl (C=O) groups is 2. The van der Waals surface area contributed by atoms with Gasteiger partial charge in [0.1, 0.15) is 23.0 Å². The molecule has 0 saturated heterocycles. The average molecular weight is 430 g/mol. The molecule has 0 radical (unpaired) electrons. The third-order valence-electron chi connectivity index (χ3n) is 4.97. The Morgan fingerprint density at radius 3 is 2.62 bits per heavy atom. The van der Waals surface area contributed by atoms with Gasteiger partial charge in [-0.3, -0.25) is 4.79 Å². The number of aryl methyl sites for hydroxylation is 1. The number of Topliss-reactive ketones (excluding diaryl/α,β-unsaturated/α-hetero) is 1. The van der Waals surface area contributed by atoms with E-state index in [1.807, 2.05) is 31.2 Å². The lowest BCUT2D eigenvalue weighted by atomic mass is 10.0. The molecule has 1 aliphatic heterocycles. The number of hydrogen-bond acceptors (Lipinski definition) is 6. The number of carbonyl (C=O) groups excluding carboxylic acids is 2. The van der Waals surface area contributed by atoms with Crippen LogP contribution in [0.3, 0.4) is 0 Å². The van der Waals surface area contributed by atoms with E-state index in [9.17, 15) is 9.59 Å². The fourth-order valence-corrected chi connectivity index (χ4v) is 3.48. The van der Waals surface area contributed by atoms with Gasteiger partial charge >= 0.3 is 5.97 Å². The highest BCUT2D eigenvalue weighted by Gasteiger charge is 2.30. The van der Waals surface area contributed by atoms with E-state index in [0.717, 1.165) is 5.56 Å². The van der Waals surface area contributed by atoms with Crippen LogP contribution in [0, 0.1) is 6.92 Å². The molecule has 1 aliphatic rings. The number of allylic oxidation sites excluding steroid dienone is 1. The lowest BCUT2D eigenvalue weighted by Gasteiger charge is -2.08. The predicted octanol–water partition coefficient (Wildman–Crippen LogP) is 5.24. The van der Waals surface area contributed by atoms with Crippen molar-refractivity contribution in [3.05, 3.63) is 88.7 Å². The van der Waals surface area contributed by atoms with Crippen molar-refractivity contribution in [1.82, 2.24) is 0 Å². The van der Waals surface area contributed by atoms with Crippen LogP contribution in [0.5, 0.6) is 23.0 Å². The summed E-state index contributed by atoms with van der Waals surface area (Å²) < 4.78 is 22.1. The first kappa shape index (κ1) is 21.2. The third kappa shape index (κ3) is 4.21. The molecule has 0 atom stereocenters. The standard InChI is InChI=1S/C26H22O6/c1-4-30-21-11-6-5-8-17(21)14-23-25(27)24-16(2)12-20(15-22(24)32-23)31-26(28)18-9-7-10-19(13-18)29-3/h5-15H,4H2,1-3H3/b23-14-. The normalized spacial score (nSPS) is 13.5. The molecular formula is C26H22O6. The van der Waals surface area contributed by atoms with E-state index in [2.05, 4.69) is 0 Å². The van der Waals surface area contributed by atoms with E-state index >= 15 is 0 Å². The molecule has 32 heavy (non-hydrogen) atoms. The molecule has 0 spiro atoms. The van der Waals surface area contributed by atoms with E-state index in [1.165, 1.54) is 7.11 Å². The van der Waals surface area contributed by atoms with Crippen LogP contribution in [-0.4, -0.2) is 25.5 Å². The minimum atomic E-state index is -0.533. The topological polar surface area (TPSA) is 71.1 Å². The first-order valence-electron chi connectivity index (χ1n) is 10.2. The van der Waals surface area contributed by atoms with Crippen LogP contribution in [0.4, 0.5) is 0 Å². The average Bonchev–Trinajstić information content (AvgIpc) is 3.10. The summed E-state index contributed by atoms with van der Waals surface area (Å²) in [6.45, 7) is 4.19. The number of ketones is 1. The maximum atomic E-state index is 13.0. The van der Waals surface area contributed by atoms with Crippen LogP contribution in [0.2, 0.25) is 0 Å². The lowest BCUT2D eigenvalue weighted by molar-refractivity contribution is 0.0734. The predicted molar refractivity (Wildman–Crippen MR) is 120 cm³/mol. The van der Waals surface area contributed by atoms with Crippen molar-refractivity contribution in [2.45, 2.75) is 13.8 Å². The second kappa shape index (κ2) is 8.98. The van der Waals surface area contributed by atoms with E-state index in [1.54, 1.807) is 49.4 Å². The number of ether oxygens (including phenoxy) is 4. The first-order chi connectivity index (χ1) is 15.5. The van der Waals surface area contributed by atoms with Crippen molar-refractivity contribution >= 4 is 17.8 Å². The SMILES string of the molecule is CCOc1ccccc1/C=C1\Oc2cc(OC(=O)c3cccc(OC)c3)cc(C)c2C1=O. The third-order valence-corrected chi connectivity index (χ3v) is 4.97. The number of methoxy groups -OCH3 is 1. The highest BCUT2D eigenvalue weighted by atomic mass is 16.5. The molecule has 0 aromatic heterocycles. The largest absolute Gasteiger partial charge is 0.497 e. The van der Waals surface area contributed by atoms with E-state index in [0.29, 0.717) is 40.5 Å². The Balaban J connectivity index is 1.60. The molecule has 4 rings (SSSR count). The maximum Gasteiger partial charge on any atom is 0.343 e. The summed E-state index contributed by atoms with van der Waals surface area (Å²) >= 11 is 0. The van der Waals surface area contributed by atoms with E-state index in [4.69, 9.17) is 18.9 Å². The highest BCUT2D eigenvalue weighted by Crippen LogP contribution is 2.38. The quantitative estimate of drug-likeness (QED) is 0.303. The number of para-hydroxylation sites is 1. The van der Waals surface area contributed by atoms with Crippen molar-refractivity contribution < 1.29 is 28.5 Å². The minimum absolute atomic E-state index is 0.187. The van der Waals surface area contributed by atoms with Gasteiger partial charge in [-0.25, -0.2) is 4.79 Å². The Hall–Kier alpha value is -4.06. The van der Waals surface area contributed by atoms with Gasteiger partial charge in [-0.1, -0.05) is 24.3 Å². The van der Waals surface area contributed by atoms with Crippen molar-refractivity contribution in [3.8, 4) is 23.0 Å². The van der Waals surface area contributed by atoms with E-state index < -0.39 is 5.97 Å². The Morgan fingerprint density at radius 2 is 1.84 bits per heavy atom. The van der Waals surface area contributed by atoms with E-state index in [-0.39, 0.29) is 17.3 Å². The van der Waals surface area contributed by atoms with Crippen LogP contribution in [0.15, 0.2) is 66.4 Å². The van der Waals surface area contributed by atoms with Crippen molar-refractivity contribution in [3.63, 3.8) is 0 Å². The highest BCUT2D eigenvalue weighted by molar-refractivity contribution is 6.15. The van der Waals surface area contributed by atoms with Gasteiger partial charge in [-0.05, 0) is 55.8 Å². The number of hydrogen-bond donors (Lipinski definition) is 0. The van der Waals surface area contributed by atoms with Gasteiger partial charge < -0.3 is 18.9 Å². The van der Waals surface area contributed by atoms with Crippen LogP contribution >= 0.6 is 0 Å². The molecule has 0 amide bonds. The molecule has 6 heteroatoms. The van der Waals surface area contributed by atoms with Crippen LogP contribution in [-0.2, 0) is 0 Å². The number of rotatable bonds is 6. The monoisotopic (exact) mass is 430 g/mol. The zero-order valence-corrected chi connectivity index (χ0v) is 18.0. The number of fused-ring (bicyclic) bond motifs is 1. The van der Waals surface area contributed by atoms with Crippen LogP contribution in [0.1, 0.15) is 38.8 Å². The van der Waals surface area contributed by atoms with Crippen molar-refractivity contribution in [2.24, 2.45) is 0 Å². The summed E-state index contributed by atoms with van der Waals surface area (Å²) in [6.07, 6.45) is 1.66. The summed E-state index contributed by atoms with van der Waals surface area (Å²) in [4.78, 5) is 25.5. The van der Waals surface area contributed by atoms with Gasteiger partial charge in [-0.2, -0.15) is 0 Å². The lowest BCUT2D eigenvalue weighted by Crippen LogP contribution is -2.09. The zero-order chi connectivity index (χ0) is 22.7. The zero-order valence-electron chi connectivity index (χ0n) is 18.0. The molecule has 1 heterocycles. The molecule has 6 nitrogen and oxygen atoms in total. The maximum absolute atomic E-state index is 13.0. The number of esters is 1. The van der Waals surface area contributed by atoms with Gasteiger partial charge in [0.15, 0.2) is 5.76 Å². The van der Waals surface area contributed by atoms with Gasteiger partial charge in [0.2, 0.25) is 5.78 Å². The summed E-state index contributed by atoms with van der Waals surface area (Å²) in [5, 5.41) is 0. The van der Waals surface area contributed by atoms with Crippen molar-refractivity contribution in [1.29, 1.82) is 0 Å². The fourth-order valence-electron chi connectivity index (χ4n) is 3.48. The Kier molecular flexibility index (Phi) is 5.94. The molecule has 0 unspecified atom stereocenters. The molecule has 0 aliphatic carbocycles. The molecule has 0 N–H and O–H groups in total. The second-order valence-corrected chi connectivity index (χ2v) is 7.15. The van der Waals surface area contributed by atoms with Gasteiger partial charge in [0, 0.05) is 11.6 Å². The minimum Gasteiger partial charge on any atom is -0.497 e. The Morgan fingerprint density at radius 1 is 1.03 bits per heavy atom. The molecule has 162 valence electrons. The summed E-state index contributed by atoms with van der Waals surface area (Å²) in [5.74, 6) is 1.29. The molecule has 3 aromatic rings. The summed E-state index contributed by atoms with van der Waals surface area (Å²) in [7, 11) is 1.53. The van der Waals surface area contributed by atoms with Crippen LogP contribution in [0.25, 0.3) is 6.08 Å².